The molecule has 0 fully saturated rings. The number of thiophene rings is 1. The molecule has 0 spiro atoms. The molecule has 10 nitrogen and oxygen atoms in total. The van der Waals surface area contributed by atoms with Gasteiger partial charge < -0.3 is 10.1 Å². The lowest BCUT2D eigenvalue weighted by molar-refractivity contribution is -0.394. The van der Waals surface area contributed by atoms with Crippen LogP contribution in [0.1, 0.15) is 32.5 Å². The zero-order valence-corrected chi connectivity index (χ0v) is 14.5. The molecular weight excluding hydrogens is 366 g/mol. The van der Waals surface area contributed by atoms with E-state index in [0.29, 0.717) is 15.4 Å². The Labute approximate surface area is 150 Å². The van der Waals surface area contributed by atoms with Crippen LogP contribution in [0.15, 0.2) is 24.3 Å². The fraction of sp³-hybridized carbons (Fsp3) is 0.200. The standard InChI is InChI=1S/C15H13N3O7S/c1-3-25-15(20)13-8(2)4-12(26-13)16-14(19)9-5-10(17(21)22)7-11(6-9)18(23)24/h4-7H,3H2,1-2H3,(H,16,19). The molecule has 2 aromatic rings. The number of anilines is 1. The summed E-state index contributed by atoms with van der Waals surface area (Å²) in [6.45, 7) is 3.53. The number of hydrogen-bond donors (Lipinski definition) is 1. The molecular formula is C15H13N3O7S. The van der Waals surface area contributed by atoms with E-state index in [9.17, 15) is 29.8 Å². The lowest BCUT2D eigenvalue weighted by Crippen LogP contribution is -2.11. The predicted octanol–water partition coefficient (Wildman–Crippen LogP) is 3.30. The molecule has 1 aromatic heterocycles. The summed E-state index contributed by atoms with van der Waals surface area (Å²) in [4.78, 5) is 44.6. The fourth-order valence-corrected chi connectivity index (χ4v) is 3.03. The third kappa shape index (κ3) is 4.19. The molecule has 136 valence electrons. The molecule has 0 unspecified atom stereocenters. The van der Waals surface area contributed by atoms with Crippen LogP contribution >= 0.6 is 11.3 Å². The van der Waals surface area contributed by atoms with Gasteiger partial charge in [0.15, 0.2) is 0 Å². The Morgan fingerprint density at radius 2 is 1.69 bits per heavy atom. The van der Waals surface area contributed by atoms with Gasteiger partial charge in [0, 0.05) is 12.1 Å². The zero-order chi connectivity index (χ0) is 19.4. The second-order valence-corrected chi connectivity index (χ2v) is 6.10. The van der Waals surface area contributed by atoms with Gasteiger partial charge in [0.25, 0.3) is 17.3 Å². The van der Waals surface area contributed by atoms with Crippen molar-refractivity contribution >= 4 is 39.6 Å². The van der Waals surface area contributed by atoms with Gasteiger partial charge in [0.05, 0.1) is 33.1 Å². The molecule has 0 saturated heterocycles. The molecule has 0 atom stereocenters. The molecule has 26 heavy (non-hydrogen) atoms. The summed E-state index contributed by atoms with van der Waals surface area (Å²) in [6, 6.07) is 4.19. The maximum Gasteiger partial charge on any atom is 0.348 e. The highest BCUT2D eigenvalue weighted by molar-refractivity contribution is 7.18. The molecule has 2 rings (SSSR count). The third-order valence-electron chi connectivity index (χ3n) is 3.20. The molecule has 1 amide bonds. The van der Waals surface area contributed by atoms with E-state index in [0.717, 1.165) is 29.5 Å². The average Bonchev–Trinajstić information content (AvgIpc) is 2.94. The number of nitro benzene ring substituents is 2. The smallest absolute Gasteiger partial charge is 0.348 e. The largest absolute Gasteiger partial charge is 0.462 e. The molecule has 0 saturated carbocycles. The Morgan fingerprint density at radius 3 is 2.19 bits per heavy atom. The number of carbonyl (C=O) groups excluding carboxylic acids is 2. The summed E-state index contributed by atoms with van der Waals surface area (Å²) in [5.74, 6) is -1.30. The summed E-state index contributed by atoms with van der Waals surface area (Å²) in [5, 5.41) is 24.6. The number of esters is 1. The lowest BCUT2D eigenvalue weighted by Gasteiger charge is -2.03. The first-order chi connectivity index (χ1) is 12.2. The van der Waals surface area contributed by atoms with Crippen LogP contribution in [0.25, 0.3) is 0 Å². The Kier molecular flexibility index (Phi) is 5.62. The molecule has 1 N–H and O–H groups in total. The van der Waals surface area contributed by atoms with Crippen molar-refractivity contribution in [3.63, 3.8) is 0 Å². The van der Waals surface area contributed by atoms with Crippen molar-refractivity contribution in [2.75, 3.05) is 11.9 Å². The number of rotatable bonds is 6. The second kappa shape index (κ2) is 7.70. The minimum absolute atomic E-state index is 0.204. The summed E-state index contributed by atoms with van der Waals surface area (Å²) in [5.41, 5.74) is -0.791. The number of nitrogens with zero attached hydrogens (tertiary/aromatic N) is 2. The molecule has 0 aliphatic rings. The van der Waals surface area contributed by atoms with Gasteiger partial charge in [0.1, 0.15) is 4.88 Å². The van der Waals surface area contributed by atoms with Gasteiger partial charge in [-0.1, -0.05) is 0 Å². The van der Waals surface area contributed by atoms with E-state index in [1.54, 1.807) is 19.9 Å². The van der Waals surface area contributed by atoms with Gasteiger partial charge in [-0.05, 0) is 25.5 Å². The topological polar surface area (TPSA) is 142 Å². The van der Waals surface area contributed by atoms with Crippen molar-refractivity contribution in [2.45, 2.75) is 13.8 Å². The highest BCUT2D eigenvalue weighted by atomic mass is 32.1. The molecule has 11 heteroatoms. The molecule has 0 aliphatic carbocycles. The molecule has 1 aromatic carbocycles. The SMILES string of the molecule is CCOC(=O)c1sc(NC(=O)c2cc([N+](=O)[O-])cc([N+](=O)[O-])c2)cc1C. The maximum absolute atomic E-state index is 12.3. The highest BCUT2D eigenvalue weighted by Gasteiger charge is 2.21. The Balaban J connectivity index is 2.30. The van der Waals surface area contributed by atoms with Crippen molar-refractivity contribution < 1.29 is 24.2 Å². The van der Waals surface area contributed by atoms with E-state index in [1.165, 1.54) is 0 Å². The van der Waals surface area contributed by atoms with Gasteiger partial charge in [-0.25, -0.2) is 4.79 Å². The number of nitrogens with one attached hydrogen (secondary N) is 1. The Bertz CT molecular complexity index is 874. The molecule has 0 bridgehead atoms. The van der Waals surface area contributed by atoms with Gasteiger partial charge in [-0.15, -0.1) is 11.3 Å². The van der Waals surface area contributed by atoms with Crippen molar-refractivity contribution in [3.05, 3.63) is 60.5 Å². The number of carbonyl (C=O) groups is 2. The van der Waals surface area contributed by atoms with E-state index < -0.39 is 33.1 Å². The van der Waals surface area contributed by atoms with E-state index in [4.69, 9.17) is 4.74 Å². The van der Waals surface area contributed by atoms with Crippen LogP contribution < -0.4 is 5.32 Å². The number of aryl methyl sites for hydroxylation is 1. The zero-order valence-electron chi connectivity index (χ0n) is 13.7. The average molecular weight is 379 g/mol. The first-order valence-electron chi connectivity index (χ1n) is 7.25. The second-order valence-electron chi connectivity index (χ2n) is 5.05. The predicted molar refractivity (Wildman–Crippen MR) is 92.7 cm³/mol. The molecule has 0 radical (unpaired) electrons. The van der Waals surface area contributed by atoms with Crippen LogP contribution in [0.5, 0.6) is 0 Å². The van der Waals surface area contributed by atoms with E-state index >= 15 is 0 Å². The van der Waals surface area contributed by atoms with Gasteiger partial charge >= 0.3 is 5.97 Å². The first-order valence-corrected chi connectivity index (χ1v) is 8.07. The van der Waals surface area contributed by atoms with Crippen LogP contribution in [-0.4, -0.2) is 28.3 Å². The van der Waals surface area contributed by atoms with Crippen molar-refractivity contribution in [2.24, 2.45) is 0 Å². The van der Waals surface area contributed by atoms with Gasteiger partial charge in [-0.3, -0.25) is 25.0 Å². The van der Waals surface area contributed by atoms with Crippen LogP contribution in [-0.2, 0) is 4.74 Å². The quantitative estimate of drug-likeness (QED) is 0.461. The van der Waals surface area contributed by atoms with Crippen LogP contribution in [0.4, 0.5) is 16.4 Å². The molecule has 1 heterocycles. The van der Waals surface area contributed by atoms with E-state index in [-0.39, 0.29) is 12.2 Å². The maximum atomic E-state index is 12.3. The number of ether oxygens (including phenoxy) is 1. The fourth-order valence-electron chi connectivity index (χ4n) is 2.06. The first kappa shape index (κ1) is 19.0. The van der Waals surface area contributed by atoms with E-state index in [2.05, 4.69) is 5.32 Å². The van der Waals surface area contributed by atoms with Crippen LogP contribution in [0.3, 0.4) is 0 Å². The third-order valence-corrected chi connectivity index (χ3v) is 4.33. The summed E-state index contributed by atoms with van der Waals surface area (Å²) < 4.78 is 4.90. The molecule has 0 aliphatic heterocycles. The van der Waals surface area contributed by atoms with Crippen LogP contribution in [0.2, 0.25) is 0 Å². The van der Waals surface area contributed by atoms with Crippen molar-refractivity contribution in [1.82, 2.24) is 0 Å². The number of nitro groups is 2. The van der Waals surface area contributed by atoms with Crippen LogP contribution in [0, 0.1) is 27.2 Å². The number of benzene rings is 1. The summed E-state index contributed by atoms with van der Waals surface area (Å²) in [6.07, 6.45) is 0. The minimum Gasteiger partial charge on any atom is -0.462 e. The number of amides is 1. The summed E-state index contributed by atoms with van der Waals surface area (Å²) >= 11 is 0.977. The summed E-state index contributed by atoms with van der Waals surface area (Å²) in [7, 11) is 0. The minimum atomic E-state index is -0.821. The number of non-ortho nitro benzene ring substituents is 2. The highest BCUT2D eigenvalue weighted by Crippen LogP contribution is 2.29. The van der Waals surface area contributed by atoms with Crippen molar-refractivity contribution in [1.29, 1.82) is 0 Å². The lowest BCUT2D eigenvalue weighted by atomic mass is 10.1. The Morgan fingerprint density at radius 1 is 1.12 bits per heavy atom. The number of hydrogen-bond acceptors (Lipinski definition) is 8. The van der Waals surface area contributed by atoms with Gasteiger partial charge in [-0.2, -0.15) is 0 Å². The van der Waals surface area contributed by atoms with Gasteiger partial charge in [0.2, 0.25) is 0 Å². The van der Waals surface area contributed by atoms with Crippen molar-refractivity contribution in [3.8, 4) is 0 Å². The van der Waals surface area contributed by atoms with E-state index in [1.807, 2.05) is 0 Å². The Hall–Kier alpha value is -3.34. The normalized spacial score (nSPS) is 10.2. The monoisotopic (exact) mass is 379 g/mol.